The van der Waals surface area contributed by atoms with Gasteiger partial charge < -0.3 is 14.8 Å². The van der Waals surface area contributed by atoms with Crippen molar-refractivity contribution in [3.05, 3.63) is 39.3 Å². The van der Waals surface area contributed by atoms with Gasteiger partial charge in [-0.25, -0.2) is 4.98 Å². The molecule has 0 saturated heterocycles. The Balaban J connectivity index is 2.30. The zero-order valence-electron chi connectivity index (χ0n) is 14.3. The molecule has 124 valence electrons. The van der Waals surface area contributed by atoms with E-state index < -0.39 is 5.54 Å². The molecule has 0 aliphatic rings. The summed E-state index contributed by atoms with van der Waals surface area (Å²) in [6, 6.07) is 5.15. The summed E-state index contributed by atoms with van der Waals surface area (Å²) in [4.78, 5) is 18.4. The molecule has 0 fully saturated rings. The topological polar surface area (TPSA) is 60.5 Å². The van der Waals surface area contributed by atoms with Crippen LogP contribution in [-0.4, -0.2) is 25.1 Å². The summed E-state index contributed by atoms with van der Waals surface area (Å²) < 4.78 is 10.5. The largest absolute Gasteiger partial charge is 0.497 e. The lowest BCUT2D eigenvalue weighted by Gasteiger charge is -2.24. The number of nitrogens with zero attached hydrogens (tertiary/aromatic N) is 1. The molecule has 1 aromatic carbocycles. The van der Waals surface area contributed by atoms with E-state index in [1.807, 2.05) is 27.7 Å². The van der Waals surface area contributed by atoms with Gasteiger partial charge in [0.05, 0.1) is 31.0 Å². The van der Waals surface area contributed by atoms with Crippen molar-refractivity contribution in [2.45, 2.75) is 33.2 Å². The molecule has 5 nitrogen and oxygen atoms in total. The first-order valence-electron chi connectivity index (χ1n) is 7.27. The average molecular weight is 334 g/mol. The maximum atomic E-state index is 12.7. The molecule has 0 saturated carbocycles. The quantitative estimate of drug-likeness (QED) is 0.910. The molecular weight excluding hydrogens is 312 g/mol. The normalized spacial score (nSPS) is 11.2. The van der Waals surface area contributed by atoms with Crippen LogP contribution >= 0.6 is 11.3 Å². The van der Waals surface area contributed by atoms with E-state index in [4.69, 9.17) is 9.47 Å². The van der Waals surface area contributed by atoms with E-state index >= 15 is 0 Å². The molecule has 6 heteroatoms. The Morgan fingerprint density at radius 2 is 1.91 bits per heavy atom. The second-order valence-electron chi connectivity index (χ2n) is 5.81. The molecule has 0 unspecified atom stereocenters. The molecule has 1 aromatic heterocycles. The van der Waals surface area contributed by atoms with Gasteiger partial charge in [0.25, 0.3) is 5.91 Å². The number of nitrogens with one attached hydrogen (secondary N) is 1. The van der Waals surface area contributed by atoms with Crippen LogP contribution in [0.3, 0.4) is 0 Å². The summed E-state index contributed by atoms with van der Waals surface area (Å²) in [7, 11) is 3.10. The van der Waals surface area contributed by atoms with Crippen molar-refractivity contribution < 1.29 is 14.3 Å². The van der Waals surface area contributed by atoms with Crippen molar-refractivity contribution in [2.24, 2.45) is 0 Å². The number of rotatable bonds is 5. The van der Waals surface area contributed by atoms with Gasteiger partial charge in [-0.05, 0) is 45.9 Å². The van der Waals surface area contributed by atoms with Gasteiger partial charge in [-0.2, -0.15) is 0 Å². The Bertz CT molecular complexity index is 703. The van der Waals surface area contributed by atoms with Gasteiger partial charge in [0.2, 0.25) is 0 Å². The minimum Gasteiger partial charge on any atom is -0.497 e. The number of carbonyl (C=O) groups excluding carboxylic acids is 1. The summed E-state index contributed by atoms with van der Waals surface area (Å²) in [5.41, 5.74) is 0.853. The number of amides is 1. The van der Waals surface area contributed by atoms with Gasteiger partial charge in [0, 0.05) is 4.88 Å². The summed E-state index contributed by atoms with van der Waals surface area (Å²) >= 11 is 1.59. The van der Waals surface area contributed by atoms with Crippen LogP contribution in [0.25, 0.3) is 0 Å². The maximum Gasteiger partial charge on any atom is 0.255 e. The standard InChI is InChI=1S/C17H22N2O3S/c1-10-11(2)23-16(18-10)17(3,4)19-15(20)13-9-12(21-5)7-8-14(13)22-6/h7-9H,1-6H3,(H,19,20). The first-order chi connectivity index (χ1) is 10.8. The van der Waals surface area contributed by atoms with Crippen LogP contribution in [0.2, 0.25) is 0 Å². The van der Waals surface area contributed by atoms with E-state index in [9.17, 15) is 4.79 Å². The molecule has 0 aliphatic heterocycles. The van der Waals surface area contributed by atoms with Gasteiger partial charge >= 0.3 is 0 Å². The van der Waals surface area contributed by atoms with Crippen LogP contribution in [0.1, 0.15) is 39.8 Å². The van der Waals surface area contributed by atoms with Crippen molar-refractivity contribution in [1.82, 2.24) is 10.3 Å². The van der Waals surface area contributed by atoms with E-state index in [2.05, 4.69) is 10.3 Å². The predicted molar refractivity (Wildman–Crippen MR) is 91.6 cm³/mol. The fourth-order valence-corrected chi connectivity index (χ4v) is 3.11. The van der Waals surface area contributed by atoms with E-state index in [0.717, 1.165) is 15.6 Å². The monoisotopic (exact) mass is 334 g/mol. The van der Waals surface area contributed by atoms with Crippen LogP contribution in [0, 0.1) is 13.8 Å². The maximum absolute atomic E-state index is 12.7. The number of hydrogen-bond acceptors (Lipinski definition) is 5. The third-order valence-electron chi connectivity index (χ3n) is 3.64. The molecule has 0 spiro atoms. The van der Waals surface area contributed by atoms with Crippen molar-refractivity contribution in [3.8, 4) is 11.5 Å². The Hall–Kier alpha value is -2.08. The average Bonchev–Trinajstić information content (AvgIpc) is 2.86. The number of ether oxygens (including phenoxy) is 2. The van der Waals surface area contributed by atoms with Crippen LogP contribution < -0.4 is 14.8 Å². The van der Waals surface area contributed by atoms with E-state index in [0.29, 0.717) is 17.1 Å². The number of benzene rings is 1. The lowest BCUT2D eigenvalue weighted by molar-refractivity contribution is 0.0908. The van der Waals surface area contributed by atoms with E-state index in [1.165, 1.54) is 7.11 Å². The molecule has 2 rings (SSSR count). The highest BCUT2D eigenvalue weighted by atomic mass is 32.1. The van der Waals surface area contributed by atoms with Crippen LogP contribution in [0.15, 0.2) is 18.2 Å². The molecule has 0 radical (unpaired) electrons. The minimum absolute atomic E-state index is 0.226. The van der Waals surface area contributed by atoms with Gasteiger partial charge in [-0.1, -0.05) is 0 Å². The Kier molecular flexibility index (Phi) is 4.94. The third-order valence-corrected chi connectivity index (χ3v) is 5.04. The zero-order valence-corrected chi connectivity index (χ0v) is 15.1. The fourth-order valence-electron chi connectivity index (χ4n) is 2.14. The van der Waals surface area contributed by atoms with Crippen molar-refractivity contribution >= 4 is 17.2 Å². The third kappa shape index (κ3) is 3.64. The summed E-state index contributed by atoms with van der Waals surface area (Å²) in [6.45, 7) is 7.88. The van der Waals surface area contributed by atoms with Crippen LogP contribution in [-0.2, 0) is 5.54 Å². The first kappa shape index (κ1) is 17.3. The van der Waals surface area contributed by atoms with Crippen molar-refractivity contribution in [1.29, 1.82) is 0 Å². The lowest BCUT2D eigenvalue weighted by Crippen LogP contribution is -2.41. The zero-order chi connectivity index (χ0) is 17.2. The molecule has 1 heterocycles. The fraction of sp³-hybridized carbons (Fsp3) is 0.412. The second kappa shape index (κ2) is 6.58. The first-order valence-corrected chi connectivity index (χ1v) is 8.09. The Labute approximate surface area is 140 Å². The number of thiazole rings is 1. The number of methoxy groups -OCH3 is 2. The van der Waals surface area contributed by atoms with Gasteiger partial charge in [0.15, 0.2) is 0 Å². The van der Waals surface area contributed by atoms with Crippen molar-refractivity contribution in [2.75, 3.05) is 14.2 Å². The molecule has 0 bridgehead atoms. The molecule has 1 amide bonds. The number of hydrogen-bond donors (Lipinski definition) is 1. The molecule has 0 aliphatic carbocycles. The van der Waals surface area contributed by atoms with E-state index in [-0.39, 0.29) is 5.91 Å². The number of carbonyl (C=O) groups is 1. The lowest BCUT2D eigenvalue weighted by atomic mass is 10.1. The Morgan fingerprint density at radius 1 is 1.22 bits per heavy atom. The highest BCUT2D eigenvalue weighted by Gasteiger charge is 2.28. The highest BCUT2D eigenvalue weighted by Crippen LogP contribution is 2.29. The second-order valence-corrected chi connectivity index (χ2v) is 7.01. The van der Waals surface area contributed by atoms with Crippen LogP contribution in [0.5, 0.6) is 11.5 Å². The molecular formula is C17H22N2O3S. The Morgan fingerprint density at radius 3 is 2.43 bits per heavy atom. The predicted octanol–water partition coefficient (Wildman–Crippen LogP) is 3.44. The summed E-state index contributed by atoms with van der Waals surface area (Å²) in [5.74, 6) is 0.886. The van der Waals surface area contributed by atoms with Gasteiger partial charge in [0.1, 0.15) is 16.5 Å². The van der Waals surface area contributed by atoms with Crippen molar-refractivity contribution in [3.63, 3.8) is 0 Å². The highest BCUT2D eigenvalue weighted by molar-refractivity contribution is 7.11. The number of aromatic nitrogens is 1. The molecule has 0 atom stereocenters. The summed E-state index contributed by atoms with van der Waals surface area (Å²) in [6.07, 6.45) is 0. The SMILES string of the molecule is COc1ccc(OC)c(C(=O)NC(C)(C)c2nc(C)c(C)s2)c1. The minimum atomic E-state index is -0.575. The number of aryl methyl sites for hydroxylation is 2. The summed E-state index contributed by atoms with van der Waals surface area (Å²) in [5, 5.41) is 3.91. The van der Waals surface area contributed by atoms with Crippen LogP contribution in [0.4, 0.5) is 0 Å². The molecule has 23 heavy (non-hydrogen) atoms. The molecule has 1 N–H and O–H groups in total. The van der Waals surface area contributed by atoms with Gasteiger partial charge in [-0.3, -0.25) is 4.79 Å². The smallest absolute Gasteiger partial charge is 0.255 e. The van der Waals surface area contributed by atoms with Gasteiger partial charge in [-0.15, -0.1) is 11.3 Å². The molecule has 2 aromatic rings. The van der Waals surface area contributed by atoms with E-state index in [1.54, 1.807) is 36.6 Å².